The summed E-state index contributed by atoms with van der Waals surface area (Å²) in [5.74, 6) is -0.555. The van der Waals surface area contributed by atoms with E-state index in [2.05, 4.69) is 10.3 Å². The highest BCUT2D eigenvalue weighted by Crippen LogP contribution is 2.23. The average molecular weight is 311 g/mol. The molecule has 1 aromatic heterocycles. The number of nitrogen functional groups attached to an aromatic ring is 1. The summed E-state index contributed by atoms with van der Waals surface area (Å²) < 4.78 is 1.24. The largest absolute Gasteiger partial charge is 0.397 e. The number of amides is 2. The minimum Gasteiger partial charge on any atom is -0.397 e. The van der Waals surface area contributed by atoms with Crippen molar-refractivity contribution in [3.8, 4) is 6.07 Å². The first-order chi connectivity index (χ1) is 10.9. The van der Waals surface area contributed by atoms with Gasteiger partial charge in [0.15, 0.2) is 0 Å². The molecule has 116 valence electrons. The Morgan fingerprint density at radius 3 is 2.78 bits per heavy atom. The number of nitrogens with two attached hydrogens (primary N) is 1. The van der Waals surface area contributed by atoms with E-state index in [1.807, 2.05) is 6.07 Å². The molecule has 0 spiro atoms. The molecule has 2 heterocycles. The smallest absolute Gasteiger partial charge is 0.264 e. The van der Waals surface area contributed by atoms with E-state index in [1.165, 1.54) is 10.6 Å². The number of imide groups is 1. The summed E-state index contributed by atoms with van der Waals surface area (Å²) in [6.45, 7) is 1.61. The van der Waals surface area contributed by atoms with Crippen LogP contribution in [0.5, 0.6) is 0 Å². The van der Waals surface area contributed by atoms with E-state index in [4.69, 9.17) is 11.0 Å². The van der Waals surface area contributed by atoms with Crippen LogP contribution in [0.4, 0.5) is 5.69 Å². The maximum atomic E-state index is 12.8. The average Bonchev–Trinajstić information content (AvgIpc) is 2.49. The van der Waals surface area contributed by atoms with Gasteiger partial charge in [0.25, 0.3) is 5.56 Å². The molecular weight excluding hydrogens is 298 g/mol. The zero-order valence-electron chi connectivity index (χ0n) is 12.3. The van der Waals surface area contributed by atoms with Gasteiger partial charge in [0.05, 0.1) is 22.2 Å². The lowest BCUT2D eigenvalue weighted by molar-refractivity contribution is -0.135. The molecule has 1 aliphatic heterocycles. The van der Waals surface area contributed by atoms with Crippen molar-refractivity contribution < 1.29 is 9.59 Å². The minimum absolute atomic E-state index is 0.0449. The van der Waals surface area contributed by atoms with Crippen molar-refractivity contribution >= 4 is 28.4 Å². The van der Waals surface area contributed by atoms with Crippen LogP contribution in [-0.4, -0.2) is 21.4 Å². The minimum atomic E-state index is -0.817. The van der Waals surface area contributed by atoms with Gasteiger partial charge >= 0.3 is 0 Å². The molecule has 1 aromatic carbocycles. The molecule has 1 atom stereocenters. The second kappa shape index (κ2) is 5.21. The number of hydrogen-bond donors (Lipinski definition) is 2. The number of carbonyl (C=O) groups excluding carboxylic acids is 2. The second-order valence-electron chi connectivity index (χ2n) is 5.33. The van der Waals surface area contributed by atoms with Crippen LogP contribution in [0.3, 0.4) is 0 Å². The van der Waals surface area contributed by atoms with Gasteiger partial charge in [0.1, 0.15) is 17.9 Å². The third kappa shape index (κ3) is 2.23. The highest BCUT2D eigenvalue weighted by molar-refractivity contribution is 6.00. The number of hydrogen-bond acceptors (Lipinski definition) is 6. The van der Waals surface area contributed by atoms with Crippen LogP contribution in [0.2, 0.25) is 0 Å². The Bertz CT molecular complexity index is 954. The molecule has 8 heteroatoms. The first kappa shape index (κ1) is 14.7. The summed E-state index contributed by atoms with van der Waals surface area (Å²) in [4.78, 5) is 40.5. The first-order valence-corrected chi connectivity index (χ1v) is 6.99. The molecule has 1 unspecified atom stereocenters. The summed E-state index contributed by atoms with van der Waals surface area (Å²) in [5, 5.41) is 11.4. The Kier molecular flexibility index (Phi) is 3.33. The Hall–Kier alpha value is -3.21. The molecule has 2 amide bonds. The number of aryl methyl sites for hydroxylation is 1. The quantitative estimate of drug-likeness (QED) is 0.569. The van der Waals surface area contributed by atoms with Crippen LogP contribution < -0.4 is 16.6 Å². The number of benzene rings is 1. The van der Waals surface area contributed by atoms with E-state index >= 15 is 0 Å². The molecule has 0 saturated carbocycles. The molecule has 3 N–H and O–H groups in total. The highest BCUT2D eigenvalue weighted by atomic mass is 16.2. The van der Waals surface area contributed by atoms with Crippen LogP contribution in [0.1, 0.15) is 30.3 Å². The van der Waals surface area contributed by atoms with Crippen molar-refractivity contribution in [2.45, 2.75) is 25.8 Å². The number of anilines is 1. The zero-order valence-corrected chi connectivity index (χ0v) is 12.3. The Morgan fingerprint density at radius 2 is 2.13 bits per heavy atom. The summed E-state index contributed by atoms with van der Waals surface area (Å²) >= 11 is 0. The number of piperidine rings is 1. The van der Waals surface area contributed by atoms with Gasteiger partial charge in [-0.2, -0.15) is 5.26 Å². The number of nitrogens with one attached hydrogen (secondary N) is 1. The van der Waals surface area contributed by atoms with Crippen molar-refractivity contribution in [3.05, 3.63) is 33.9 Å². The molecule has 23 heavy (non-hydrogen) atoms. The standard InChI is InChI=1S/C15H13N5O3/c1-7-18-9-3-2-8(6-16)13(17)12(9)15(23)20(7)10-4-5-11(21)19-14(10)22/h2-3,10H,4-5,17H2,1H3,(H,19,21,22). The van der Waals surface area contributed by atoms with Crippen molar-refractivity contribution in [2.75, 3.05) is 5.73 Å². The lowest BCUT2D eigenvalue weighted by Gasteiger charge is -2.24. The lowest BCUT2D eigenvalue weighted by atomic mass is 10.0. The number of carbonyl (C=O) groups is 2. The van der Waals surface area contributed by atoms with E-state index in [0.29, 0.717) is 11.3 Å². The molecule has 8 nitrogen and oxygen atoms in total. The van der Waals surface area contributed by atoms with E-state index < -0.39 is 17.5 Å². The van der Waals surface area contributed by atoms with Gasteiger partial charge in [-0.05, 0) is 25.5 Å². The van der Waals surface area contributed by atoms with Crippen molar-refractivity contribution in [3.63, 3.8) is 0 Å². The van der Waals surface area contributed by atoms with Gasteiger partial charge in [-0.1, -0.05) is 0 Å². The van der Waals surface area contributed by atoms with Gasteiger partial charge in [-0.15, -0.1) is 0 Å². The normalized spacial score (nSPS) is 17.8. The number of aromatic nitrogens is 2. The van der Waals surface area contributed by atoms with Crippen LogP contribution in [0, 0.1) is 18.3 Å². The maximum Gasteiger partial charge on any atom is 0.264 e. The fourth-order valence-corrected chi connectivity index (χ4v) is 2.81. The van der Waals surface area contributed by atoms with Crippen LogP contribution in [-0.2, 0) is 9.59 Å². The second-order valence-corrected chi connectivity index (χ2v) is 5.33. The number of nitrogens with zero attached hydrogens (tertiary/aromatic N) is 3. The summed E-state index contributed by atoms with van der Waals surface area (Å²) in [7, 11) is 0. The zero-order chi connectivity index (χ0) is 16.7. The summed E-state index contributed by atoms with van der Waals surface area (Å²) in [5.41, 5.74) is 6.00. The molecular formula is C15H13N5O3. The molecule has 3 rings (SSSR count). The van der Waals surface area contributed by atoms with Crippen molar-refractivity contribution in [1.29, 1.82) is 5.26 Å². The van der Waals surface area contributed by atoms with E-state index in [9.17, 15) is 14.4 Å². The van der Waals surface area contributed by atoms with Crippen LogP contribution >= 0.6 is 0 Å². The molecule has 2 aromatic rings. The van der Waals surface area contributed by atoms with Gasteiger partial charge in [-0.25, -0.2) is 4.98 Å². The Labute approximate surface area is 130 Å². The molecule has 1 fully saturated rings. The van der Waals surface area contributed by atoms with E-state index in [0.717, 1.165) is 0 Å². The number of rotatable bonds is 1. The molecule has 0 radical (unpaired) electrons. The fraction of sp³-hybridized carbons (Fsp3) is 0.267. The van der Waals surface area contributed by atoms with Crippen LogP contribution in [0.25, 0.3) is 10.9 Å². The number of fused-ring (bicyclic) bond motifs is 1. The Morgan fingerprint density at radius 1 is 1.39 bits per heavy atom. The van der Waals surface area contributed by atoms with Gasteiger partial charge in [0, 0.05) is 6.42 Å². The van der Waals surface area contributed by atoms with Crippen LogP contribution in [0.15, 0.2) is 16.9 Å². The van der Waals surface area contributed by atoms with Crippen molar-refractivity contribution in [1.82, 2.24) is 14.9 Å². The first-order valence-electron chi connectivity index (χ1n) is 6.99. The molecule has 0 bridgehead atoms. The van der Waals surface area contributed by atoms with Gasteiger partial charge < -0.3 is 5.73 Å². The third-order valence-electron chi connectivity index (χ3n) is 3.93. The number of nitriles is 1. The fourth-order valence-electron chi connectivity index (χ4n) is 2.81. The molecule has 0 aliphatic carbocycles. The van der Waals surface area contributed by atoms with Gasteiger partial charge in [0.2, 0.25) is 11.8 Å². The highest BCUT2D eigenvalue weighted by Gasteiger charge is 2.30. The molecule has 1 saturated heterocycles. The monoisotopic (exact) mass is 311 g/mol. The predicted molar refractivity (Wildman–Crippen MR) is 81.3 cm³/mol. The summed E-state index contributed by atoms with van der Waals surface area (Å²) in [6, 6.07) is 4.15. The third-order valence-corrected chi connectivity index (χ3v) is 3.93. The summed E-state index contributed by atoms with van der Waals surface area (Å²) in [6.07, 6.45) is 0.366. The maximum absolute atomic E-state index is 12.8. The van der Waals surface area contributed by atoms with E-state index in [1.54, 1.807) is 13.0 Å². The van der Waals surface area contributed by atoms with Crippen molar-refractivity contribution in [2.24, 2.45) is 0 Å². The topological polar surface area (TPSA) is 131 Å². The lowest BCUT2D eigenvalue weighted by Crippen LogP contribution is -2.45. The SMILES string of the molecule is Cc1nc2ccc(C#N)c(N)c2c(=O)n1C1CCC(=O)NC1=O. The predicted octanol–water partition coefficient (Wildman–Crippen LogP) is 0.136. The Balaban J connectivity index is 2.28. The van der Waals surface area contributed by atoms with E-state index in [-0.39, 0.29) is 35.4 Å². The van der Waals surface area contributed by atoms with Gasteiger partial charge in [-0.3, -0.25) is 24.3 Å². The molecule has 1 aliphatic rings.